The van der Waals surface area contributed by atoms with E-state index in [4.69, 9.17) is 0 Å². The molecule has 0 radical (unpaired) electrons. The van der Waals surface area contributed by atoms with Crippen molar-refractivity contribution in [1.29, 1.82) is 0 Å². The predicted octanol–water partition coefficient (Wildman–Crippen LogP) is 5.72. The largest absolute Gasteiger partial charge is 0.381 e. The maximum Gasteiger partial charge on any atom is 0.0652 e. The lowest BCUT2D eigenvalue weighted by Gasteiger charge is -2.17. The molecule has 0 saturated carbocycles. The summed E-state index contributed by atoms with van der Waals surface area (Å²) in [7, 11) is 0. The first-order chi connectivity index (χ1) is 10.6. The maximum absolute atomic E-state index is 4.19. The molecule has 0 fully saturated rings. The van der Waals surface area contributed by atoms with E-state index in [1.165, 1.54) is 17.6 Å². The first kappa shape index (κ1) is 18.3. The van der Waals surface area contributed by atoms with E-state index >= 15 is 0 Å². The SMILES string of the molecule is C=CC1C=CNC(/C=C\C)C(CCC(=C)/C=C\C(C)CC)=C1. The minimum atomic E-state index is 0.276. The third-order valence-electron chi connectivity index (χ3n) is 4.10. The fraction of sp³-hybridized carbons (Fsp3) is 0.429. The van der Waals surface area contributed by atoms with Crippen molar-refractivity contribution in [2.24, 2.45) is 11.8 Å². The van der Waals surface area contributed by atoms with E-state index in [9.17, 15) is 0 Å². The summed E-state index contributed by atoms with van der Waals surface area (Å²) in [5.41, 5.74) is 2.61. The van der Waals surface area contributed by atoms with E-state index in [2.05, 4.69) is 75.7 Å². The summed E-state index contributed by atoms with van der Waals surface area (Å²) in [6.45, 7) is 14.6. The molecule has 1 heterocycles. The van der Waals surface area contributed by atoms with Crippen molar-refractivity contribution in [3.63, 3.8) is 0 Å². The van der Waals surface area contributed by atoms with E-state index < -0.39 is 0 Å². The smallest absolute Gasteiger partial charge is 0.0652 e. The summed E-state index contributed by atoms with van der Waals surface area (Å²) in [5.74, 6) is 0.933. The fourth-order valence-electron chi connectivity index (χ4n) is 2.37. The van der Waals surface area contributed by atoms with Crippen LogP contribution >= 0.6 is 0 Å². The molecule has 0 aromatic heterocycles. The van der Waals surface area contributed by atoms with Gasteiger partial charge in [-0.15, -0.1) is 6.58 Å². The molecule has 120 valence electrons. The second kappa shape index (κ2) is 10.0. The van der Waals surface area contributed by atoms with Crippen molar-refractivity contribution in [3.8, 4) is 0 Å². The molecular formula is C21H31N. The average Bonchev–Trinajstić information content (AvgIpc) is 2.73. The molecule has 1 aliphatic heterocycles. The third kappa shape index (κ3) is 6.34. The number of hydrogen-bond donors (Lipinski definition) is 1. The molecule has 3 atom stereocenters. The Balaban J connectivity index is 2.70. The predicted molar refractivity (Wildman–Crippen MR) is 99.6 cm³/mol. The van der Waals surface area contributed by atoms with Crippen LogP contribution in [-0.4, -0.2) is 6.04 Å². The molecule has 0 aromatic carbocycles. The second-order valence-corrected chi connectivity index (χ2v) is 5.99. The Hall–Kier alpha value is -1.76. The summed E-state index contributed by atoms with van der Waals surface area (Å²) < 4.78 is 0. The summed E-state index contributed by atoms with van der Waals surface area (Å²) in [6.07, 6.45) is 20.4. The third-order valence-corrected chi connectivity index (χ3v) is 4.10. The van der Waals surface area contributed by atoms with Crippen LogP contribution in [0.3, 0.4) is 0 Å². The fourth-order valence-corrected chi connectivity index (χ4v) is 2.37. The van der Waals surface area contributed by atoms with E-state index in [-0.39, 0.29) is 6.04 Å². The van der Waals surface area contributed by atoms with Crippen LogP contribution in [0.15, 0.2) is 73.0 Å². The highest BCUT2D eigenvalue weighted by atomic mass is 14.9. The Morgan fingerprint density at radius 1 is 1.45 bits per heavy atom. The van der Waals surface area contributed by atoms with Gasteiger partial charge >= 0.3 is 0 Å². The molecular weight excluding hydrogens is 266 g/mol. The molecule has 0 amide bonds. The standard InChI is InChI=1S/C21H31N/c1-6-9-21-20(16-19(8-3)14-15-22-21)13-12-18(5)11-10-17(4)7-2/h6,8-11,14-17,19,21-22H,3,5,7,12-13H2,1-2,4H3/b9-6-,11-10-. The normalized spacial score (nSPS) is 23.1. The molecule has 3 unspecified atom stereocenters. The first-order valence-electron chi connectivity index (χ1n) is 8.35. The highest BCUT2D eigenvalue weighted by molar-refractivity contribution is 5.28. The maximum atomic E-state index is 4.19. The van der Waals surface area contributed by atoms with Gasteiger partial charge in [0.1, 0.15) is 0 Å². The van der Waals surface area contributed by atoms with Gasteiger partial charge in [0.25, 0.3) is 0 Å². The van der Waals surface area contributed by atoms with Crippen molar-refractivity contribution in [2.75, 3.05) is 0 Å². The minimum Gasteiger partial charge on any atom is -0.381 e. The molecule has 0 bridgehead atoms. The monoisotopic (exact) mass is 297 g/mol. The highest BCUT2D eigenvalue weighted by Crippen LogP contribution is 2.21. The van der Waals surface area contributed by atoms with Crippen LogP contribution in [0.2, 0.25) is 0 Å². The Morgan fingerprint density at radius 3 is 2.86 bits per heavy atom. The Labute approximate surface area is 136 Å². The van der Waals surface area contributed by atoms with Gasteiger partial charge in [-0.25, -0.2) is 0 Å². The van der Waals surface area contributed by atoms with Gasteiger partial charge < -0.3 is 5.32 Å². The van der Waals surface area contributed by atoms with Gasteiger partial charge in [0.05, 0.1) is 6.04 Å². The zero-order valence-corrected chi connectivity index (χ0v) is 14.4. The molecule has 1 nitrogen and oxygen atoms in total. The molecule has 1 N–H and O–H groups in total. The van der Waals surface area contributed by atoms with Crippen LogP contribution in [0.1, 0.15) is 40.0 Å². The van der Waals surface area contributed by atoms with Crippen molar-refractivity contribution < 1.29 is 0 Å². The van der Waals surface area contributed by atoms with Crippen LogP contribution in [-0.2, 0) is 0 Å². The van der Waals surface area contributed by atoms with E-state index in [1.807, 2.05) is 12.3 Å². The van der Waals surface area contributed by atoms with Gasteiger partial charge in [-0.05, 0) is 37.5 Å². The number of rotatable bonds is 8. The van der Waals surface area contributed by atoms with Crippen LogP contribution in [0.25, 0.3) is 0 Å². The van der Waals surface area contributed by atoms with E-state index in [0.29, 0.717) is 11.8 Å². The van der Waals surface area contributed by atoms with Gasteiger partial charge in [0, 0.05) is 5.92 Å². The second-order valence-electron chi connectivity index (χ2n) is 5.99. The molecule has 22 heavy (non-hydrogen) atoms. The van der Waals surface area contributed by atoms with Crippen molar-refractivity contribution >= 4 is 0 Å². The van der Waals surface area contributed by atoms with Crippen molar-refractivity contribution in [1.82, 2.24) is 5.32 Å². The highest BCUT2D eigenvalue weighted by Gasteiger charge is 2.13. The van der Waals surface area contributed by atoms with Crippen LogP contribution in [0.4, 0.5) is 0 Å². The lowest BCUT2D eigenvalue weighted by molar-refractivity contribution is 0.696. The topological polar surface area (TPSA) is 12.0 Å². The van der Waals surface area contributed by atoms with Crippen LogP contribution in [0.5, 0.6) is 0 Å². The van der Waals surface area contributed by atoms with Gasteiger partial charge in [-0.1, -0.05) is 75.0 Å². The zero-order chi connectivity index (χ0) is 16.4. The van der Waals surface area contributed by atoms with Crippen molar-refractivity contribution in [3.05, 3.63) is 73.0 Å². The van der Waals surface area contributed by atoms with Gasteiger partial charge in [-0.2, -0.15) is 0 Å². The lowest BCUT2D eigenvalue weighted by Crippen LogP contribution is -2.23. The average molecular weight is 297 g/mol. The van der Waals surface area contributed by atoms with Gasteiger partial charge in [0.2, 0.25) is 0 Å². The number of allylic oxidation sites excluding steroid dienone is 7. The van der Waals surface area contributed by atoms with Gasteiger partial charge in [0.15, 0.2) is 0 Å². The summed E-state index contributed by atoms with van der Waals surface area (Å²) in [6, 6.07) is 0.276. The Morgan fingerprint density at radius 2 is 2.23 bits per heavy atom. The molecule has 0 saturated heterocycles. The zero-order valence-electron chi connectivity index (χ0n) is 14.4. The molecule has 1 aliphatic rings. The minimum absolute atomic E-state index is 0.276. The molecule has 0 aromatic rings. The van der Waals surface area contributed by atoms with Crippen LogP contribution in [0, 0.1) is 11.8 Å². The van der Waals surface area contributed by atoms with Gasteiger partial charge in [-0.3, -0.25) is 0 Å². The summed E-state index contributed by atoms with van der Waals surface area (Å²) >= 11 is 0. The van der Waals surface area contributed by atoms with E-state index in [0.717, 1.165) is 12.8 Å². The lowest BCUT2D eigenvalue weighted by atomic mass is 9.95. The number of hydrogen-bond acceptors (Lipinski definition) is 1. The molecule has 1 heteroatoms. The Bertz CT molecular complexity index is 476. The first-order valence-corrected chi connectivity index (χ1v) is 8.35. The summed E-state index contributed by atoms with van der Waals surface area (Å²) in [4.78, 5) is 0. The molecule has 0 spiro atoms. The molecule has 0 aliphatic carbocycles. The summed E-state index contributed by atoms with van der Waals surface area (Å²) in [5, 5.41) is 3.45. The van der Waals surface area contributed by atoms with Crippen LogP contribution < -0.4 is 5.32 Å². The molecule has 1 rings (SSSR count). The van der Waals surface area contributed by atoms with E-state index in [1.54, 1.807) is 0 Å². The number of nitrogens with one attached hydrogen (secondary N) is 1. The van der Waals surface area contributed by atoms with Crippen molar-refractivity contribution in [2.45, 2.75) is 46.1 Å². The quantitative estimate of drug-likeness (QED) is 0.446. The Kier molecular flexibility index (Phi) is 8.35.